The van der Waals surface area contributed by atoms with E-state index in [0.29, 0.717) is 12.2 Å². The van der Waals surface area contributed by atoms with Crippen LogP contribution in [0.5, 0.6) is 5.75 Å². The van der Waals surface area contributed by atoms with Gasteiger partial charge in [-0.15, -0.1) is 0 Å². The molecule has 1 aliphatic heterocycles. The standard InChI is InChI=1S/C12H10O4/c1-15-10(13)12-6-8(12)7-4-2-3-5-9(7)16-11(12)14/h2-5,8H,6H2,1H3/t8-,12-/m0/s1. The molecule has 0 spiro atoms. The highest BCUT2D eigenvalue weighted by Crippen LogP contribution is 2.64. The molecule has 0 aromatic heterocycles. The number of rotatable bonds is 1. The Morgan fingerprint density at radius 3 is 3.00 bits per heavy atom. The maximum absolute atomic E-state index is 11.8. The summed E-state index contributed by atoms with van der Waals surface area (Å²) in [7, 11) is 1.29. The van der Waals surface area contributed by atoms with Gasteiger partial charge in [-0.25, -0.2) is 0 Å². The third-order valence-electron chi connectivity index (χ3n) is 3.37. The Labute approximate surface area is 92.2 Å². The van der Waals surface area contributed by atoms with E-state index in [2.05, 4.69) is 4.74 Å². The molecule has 1 aliphatic carbocycles. The minimum Gasteiger partial charge on any atom is -0.468 e. The summed E-state index contributed by atoms with van der Waals surface area (Å²) in [6.07, 6.45) is 0.496. The van der Waals surface area contributed by atoms with Crippen molar-refractivity contribution in [2.45, 2.75) is 12.3 Å². The molecule has 2 atom stereocenters. The Morgan fingerprint density at radius 2 is 2.25 bits per heavy atom. The molecule has 0 saturated heterocycles. The van der Waals surface area contributed by atoms with Gasteiger partial charge in [0.05, 0.1) is 7.11 Å². The zero-order valence-corrected chi connectivity index (χ0v) is 8.73. The van der Waals surface area contributed by atoms with E-state index in [1.807, 2.05) is 12.1 Å². The summed E-state index contributed by atoms with van der Waals surface area (Å²) in [6.45, 7) is 0. The Morgan fingerprint density at radius 1 is 1.50 bits per heavy atom. The van der Waals surface area contributed by atoms with E-state index < -0.39 is 17.4 Å². The lowest BCUT2D eigenvalue weighted by Gasteiger charge is -2.20. The number of para-hydroxylation sites is 1. The van der Waals surface area contributed by atoms with Crippen molar-refractivity contribution >= 4 is 11.9 Å². The van der Waals surface area contributed by atoms with Crippen molar-refractivity contribution in [2.75, 3.05) is 7.11 Å². The maximum atomic E-state index is 11.8. The van der Waals surface area contributed by atoms with Crippen molar-refractivity contribution in [3.63, 3.8) is 0 Å². The van der Waals surface area contributed by atoms with Gasteiger partial charge in [0, 0.05) is 5.92 Å². The number of carbonyl (C=O) groups excluding carboxylic acids is 2. The Kier molecular flexibility index (Phi) is 1.67. The number of ether oxygens (including phenoxy) is 2. The second-order valence-electron chi connectivity index (χ2n) is 4.15. The third-order valence-corrected chi connectivity index (χ3v) is 3.37. The second-order valence-corrected chi connectivity index (χ2v) is 4.15. The fourth-order valence-electron chi connectivity index (χ4n) is 2.41. The van der Waals surface area contributed by atoms with Gasteiger partial charge in [-0.2, -0.15) is 0 Å². The molecule has 0 amide bonds. The molecule has 16 heavy (non-hydrogen) atoms. The van der Waals surface area contributed by atoms with Crippen LogP contribution in [-0.4, -0.2) is 19.0 Å². The fraction of sp³-hybridized carbons (Fsp3) is 0.333. The van der Waals surface area contributed by atoms with Crippen LogP contribution in [0.15, 0.2) is 24.3 Å². The summed E-state index contributed by atoms with van der Waals surface area (Å²) < 4.78 is 9.85. The number of benzene rings is 1. The van der Waals surface area contributed by atoms with Crippen molar-refractivity contribution in [1.82, 2.24) is 0 Å². The van der Waals surface area contributed by atoms with Crippen LogP contribution in [0, 0.1) is 5.41 Å². The van der Waals surface area contributed by atoms with Crippen LogP contribution >= 0.6 is 0 Å². The molecular formula is C12H10O4. The molecular weight excluding hydrogens is 208 g/mol. The van der Waals surface area contributed by atoms with E-state index >= 15 is 0 Å². The zero-order chi connectivity index (χ0) is 11.3. The number of carbonyl (C=O) groups is 2. The van der Waals surface area contributed by atoms with Gasteiger partial charge in [0.15, 0.2) is 5.41 Å². The molecule has 0 bridgehead atoms. The monoisotopic (exact) mass is 218 g/mol. The minimum absolute atomic E-state index is 0.0719. The van der Waals surface area contributed by atoms with Crippen LogP contribution in [0.2, 0.25) is 0 Å². The Hall–Kier alpha value is -1.84. The molecule has 0 N–H and O–H groups in total. The van der Waals surface area contributed by atoms with Gasteiger partial charge in [0.1, 0.15) is 5.75 Å². The van der Waals surface area contributed by atoms with Crippen LogP contribution in [0.25, 0.3) is 0 Å². The highest BCUT2D eigenvalue weighted by Gasteiger charge is 2.71. The van der Waals surface area contributed by atoms with Gasteiger partial charge < -0.3 is 9.47 Å². The molecule has 4 nitrogen and oxygen atoms in total. The first-order valence-electron chi connectivity index (χ1n) is 5.10. The Balaban J connectivity index is 2.08. The smallest absolute Gasteiger partial charge is 0.329 e. The average molecular weight is 218 g/mol. The van der Waals surface area contributed by atoms with E-state index in [0.717, 1.165) is 5.56 Å². The molecule has 2 aliphatic rings. The highest BCUT2D eigenvalue weighted by molar-refractivity contribution is 6.07. The van der Waals surface area contributed by atoms with E-state index in [1.54, 1.807) is 12.1 Å². The van der Waals surface area contributed by atoms with Crippen molar-refractivity contribution < 1.29 is 19.1 Å². The quantitative estimate of drug-likeness (QED) is 0.404. The van der Waals surface area contributed by atoms with Crippen LogP contribution < -0.4 is 4.74 Å². The molecule has 1 aromatic rings. The summed E-state index contributed by atoms with van der Waals surface area (Å²) in [5, 5.41) is 0. The molecule has 1 saturated carbocycles. The van der Waals surface area contributed by atoms with Crippen molar-refractivity contribution in [3.05, 3.63) is 29.8 Å². The van der Waals surface area contributed by atoms with E-state index in [9.17, 15) is 9.59 Å². The van der Waals surface area contributed by atoms with E-state index in [4.69, 9.17) is 4.74 Å². The normalized spacial score (nSPS) is 29.8. The average Bonchev–Trinajstić information content (AvgIpc) is 3.06. The predicted octanol–water partition coefficient (Wildman–Crippen LogP) is 1.25. The molecule has 0 radical (unpaired) electrons. The van der Waals surface area contributed by atoms with E-state index in [-0.39, 0.29) is 5.92 Å². The summed E-state index contributed by atoms with van der Waals surface area (Å²) in [6, 6.07) is 7.31. The van der Waals surface area contributed by atoms with Gasteiger partial charge in [-0.3, -0.25) is 9.59 Å². The maximum Gasteiger partial charge on any atom is 0.329 e. The van der Waals surface area contributed by atoms with Gasteiger partial charge >= 0.3 is 11.9 Å². The first-order chi connectivity index (χ1) is 7.70. The predicted molar refractivity (Wildman–Crippen MR) is 53.9 cm³/mol. The number of fused-ring (bicyclic) bond motifs is 3. The summed E-state index contributed by atoms with van der Waals surface area (Å²) in [5.41, 5.74) is -0.143. The van der Waals surface area contributed by atoms with Gasteiger partial charge in [-0.05, 0) is 18.1 Å². The molecule has 4 heteroatoms. The molecule has 1 aromatic carbocycles. The summed E-state index contributed by atoms with van der Waals surface area (Å²) in [5.74, 6) is -0.480. The second kappa shape index (κ2) is 2.84. The molecule has 0 unspecified atom stereocenters. The van der Waals surface area contributed by atoms with Crippen molar-refractivity contribution in [2.24, 2.45) is 5.41 Å². The lowest BCUT2D eigenvalue weighted by atomic mass is 9.96. The number of hydrogen-bond donors (Lipinski definition) is 0. The highest BCUT2D eigenvalue weighted by atomic mass is 16.6. The first-order valence-corrected chi connectivity index (χ1v) is 5.10. The lowest BCUT2D eigenvalue weighted by Crippen LogP contribution is -2.35. The number of hydrogen-bond acceptors (Lipinski definition) is 4. The van der Waals surface area contributed by atoms with E-state index in [1.165, 1.54) is 7.11 Å². The molecule has 3 rings (SSSR count). The minimum atomic E-state index is -1.07. The molecule has 82 valence electrons. The molecule has 1 heterocycles. The summed E-state index contributed by atoms with van der Waals surface area (Å²) >= 11 is 0. The molecule has 1 fully saturated rings. The van der Waals surface area contributed by atoms with Crippen LogP contribution in [0.1, 0.15) is 17.9 Å². The van der Waals surface area contributed by atoms with Crippen LogP contribution in [0.3, 0.4) is 0 Å². The van der Waals surface area contributed by atoms with Crippen molar-refractivity contribution in [3.8, 4) is 5.75 Å². The van der Waals surface area contributed by atoms with Crippen LogP contribution in [0.4, 0.5) is 0 Å². The fourth-order valence-corrected chi connectivity index (χ4v) is 2.41. The largest absolute Gasteiger partial charge is 0.468 e. The SMILES string of the molecule is COC(=O)[C@]12C[C@H]1c1ccccc1OC2=O. The Bertz CT molecular complexity index is 494. The topological polar surface area (TPSA) is 52.6 Å². The first kappa shape index (κ1) is 9.39. The van der Waals surface area contributed by atoms with Crippen LogP contribution in [-0.2, 0) is 14.3 Å². The lowest BCUT2D eigenvalue weighted by molar-refractivity contribution is -0.158. The van der Waals surface area contributed by atoms with Gasteiger partial charge in [0.25, 0.3) is 0 Å². The zero-order valence-electron chi connectivity index (χ0n) is 8.73. The van der Waals surface area contributed by atoms with Crippen molar-refractivity contribution in [1.29, 1.82) is 0 Å². The number of methoxy groups -OCH3 is 1. The summed E-state index contributed by atoms with van der Waals surface area (Å²) in [4.78, 5) is 23.4. The number of esters is 2. The third kappa shape index (κ3) is 0.939. The van der Waals surface area contributed by atoms with Gasteiger partial charge in [0.2, 0.25) is 0 Å². The van der Waals surface area contributed by atoms with Gasteiger partial charge in [-0.1, -0.05) is 18.2 Å².